The summed E-state index contributed by atoms with van der Waals surface area (Å²) in [5.74, 6) is 0.519. The van der Waals surface area contributed by atoms with Gasteiger partial charge in [0.25, 0.3) is 0 Å². The van der Waals surface area contributed by atoms with Crippen LogP contribution in [0, 0.1) is 0 Å². The minimum absolute atomic E-state index is 0.498. The first kappa shape index (κ1) is 15.2. The monoisotopic (exact) mass is 252 g/mol. The Morgan fingerprint density at radius 1 is 1.11 bits per heavy atom. The van der Waals surface area contributed by atoms with E-state index in [1.54, 1.807) is 6.92 Å². The van der Waals surface area contributed by atoms with E-state index >= 15 is 0 Å². The Morgan fingerprint density at radius 3 is 2.00 bits per heavy atom. The summed E-state index contributed by atoms with van der Waals surface area (Å²) >= 11 is 0. The molecule has 0 bridgehead atoms. The minimum atomic E-state index is -1.04. The average Bonchev–Trinajstić information content (AvgIpc) is 2.30. The highest BCUT2D eigenvalue weighted by molar-refractivity contribution is 5.25. The zero-order valence-electron chi connectivity index (χ0n) is 11.9. The fourth-order valence-corrected chi connectivity index (χ4v) is 2.12. The molecule has 0 radical (unpaired) electrons. The van der Waals surface area contributed by atoms with Crippen molar-refractivity contribution in [3.05, 3.63) is 35.4 Å². The van der Waals surface area contributed by atoms with Gasteiger partial charge >= 0.3 is 0 Å². The average molecular weight is 252 g/mol. The first-order valence-corrected chi connectivity index (χ1v) is 6.27. The molecule has 1 aromatic rings. The molecule has 1 unspecified atom stereocenters. The van der Waals surface area contributed by atoms with Gasteiger partial charge in [0.15, 0.2) is 6.29 Å². The van der Waals surface area contributed by atoms with E-state index in [1.165, 1.54) is 19.8 Å². The van der Waals surface area contributed by atoms with Crippen LogP contribution in [-0.2, 0) is 15.9 Å². The van der Waals surface area contributed by atoms with Crippen LogP contribution in [0.25, 0.3) is 0 Å². The van der Waals surface area contributed by atoms with E-state index in [9.17, 15) is 5.11 Å². The molecule has 0 aliphatic rings. The third-order valence-electron chi connectivity index (χ3n) is 3.14. The molecule has 0 aliphatic carbocycles. The summed E-state index contributed by atoms with van der Waals surface area (Å²) in [7, 11) is 3.06. The maximum Gasteiger partial charge on any atom is 0.185 e. The van der Waals surface area contributed by atoms with Gasteiger partial charge < -0.3 is 14.6 Å². The van der Waals surface area contributed by atoms with E-state index in [-0.39, 0.29) is 0 Å². The van der Waals surface area contributed by atoms with Gasteiger partial charge in [-0.05, 0) is 24.0 Å². The Balaban J connectivity index is 2.77. The van der Waals surface area contributed by atoms with Crippen molar-refractivity contribution in [1.82, 2.24) is 0 Å². The molecule has 18 heavy (non-hydrogen) atoms. The van der Waals surface area contributed by atoms with E-state index in [4.69, 9.17) is 9.47 Å². The van der Waals surface area contributed by atoms with Crippen molar-refractivity contribution in [1.29, 1.82) is 0 Å². The smallest absolute Gasteiger partial charge is 0.185 e. The van der Waals surface area contributed by atoms with Gasteiger partial charge in [-0.3, -0.25) is 0 Å². The van der Waals surface area contributed by atoms with Crippen LogP contribution >= 0.6 is 0 Å². The summed E-state index contributed by atoms with van der Waals surface area (Å²) in [5, 5.41) is 10.4. The maximum absolute atomic E-state index is 10.4. The highest BCUT2D eigenvalue weighted by atomic mass is 16.7. The lowest BCUT2D eigenvalue weighted by Gasteiger charge is -2.30. The predicted molar refractivity (Wildman–Crippen MR) is 72.7 cm³/mol. The maximum atomic E-state index is 10.4. The second-order valence-electron chi connectivity index (χ2n) is 5.23. The first-order chi connectivity index (χ1) is 8.40. The van der Waals surface area contributed by atoms with E-state index in [2.05, 4.69) is 26.0 Å². The largest absolute Gasteiger partial charge is 0.385 e. The third kappa shape index (κ3) is 3.80. The summed E-state index contributed by atoms with van der Waals surface area (Å²) in [4.78, 5) is 0. The lowest BCUT2D eigenvalue weighted by atomic mass is 9.93. The van der Waals surface area contributed by atoms with Gasteiger partial charge in [0.2, 0.25) is 0 Å². The molecule has 0 spiro atoms. The molecule has 3 nitrogen and oxygen atoms in total. The topological polar surface area (TPSA) is 38.7 Å². The van der Waals surface area contributed by atoms with Crippen LogP contribution in [0.3, 0.4) is 0 Å². The summed E-state index contributed by atoms with van der Waals surface area (Å²) in [5.41, 5.74) is 1.33. The Kier molecular flexibility index (Phi) is 5.32. The molecular weight excluding hydrogens is 228 g/mol. The molecule has 0 aliphatic heterocycles. The van der Waals surface area contributed by atoms with Crippen LogP contribution in [-0.4, -0.2) is 31.2 Å². The van der Waals surface area contributed by atoms with Crippen LogP contribution in [0.4, 0.5) is 0 Å². The lowest BCUT2D eigenvalue weighted by Crippen LogP contribution is -2.43. The van der Waals surface area contributed by atoms with Gasteiger partial charge in [-0.25, -0.2) is 0 Å². The molecule has 3 heteroatoms. The van der Waals surface area contributed by atoms with Crippen molar-refractivity contribution in [2.75, 3.05) is 14.2 Å². The van der Waals surface area contributed by atoms with Gasteiger partial charge in [-0.1, -0.05) is 38.1 Å². The molecule has 0 saturated heterocycles. The third-order valence-corrected chi connectivity index (χ3v) is 3.14. The van der Waals surface area contributed by atoms with E-state index in [1.807, 2.05) is 12.1 Å². The van der Waals surface area contributed by atoms with Crippen LogP contribution in [0.5, 0.6) is 0 Å². The van der Waals surface area contributed by atoms with Crippen LogP contribution in [0.15, 0.2) is 24.3 Å². The molecule has 1 aromatic carbocycles. The molecule has 0 amide bonds. The number of hydrogen-bond acceptors (Lipinski definition) is 3. The summed E-state index contributed by atoms with van der Waals surface area (Å²) in [6.07, 6.45) is -0.125. The summed E-state index contributed by atoms with van der Waals surface area (Å²) in [6.45, 7) is 6.05. The molecule has 0 saturated carbocycles. The second-order valence-corrected chi connectivity index (χ2v) is 5.23. The number of benzene rings is 1. The summed E-state index contributed by atoms with van der Waals surface area (Å²) in [6, 6.07) is 8.30. The van der Waals surface area contributed by atoms with Gasteiger partial charge in [-0.2, -0.15) is 0 Å². The van der Waals surface area contributed by atoms with Gasteiger partial charge in [0.05, 0.1) is 0 Å². The van der Waals surface area contributed by atoms with Crippen molar-refractivity contribution in [3.63, 3.8) is 0 Å². The number of rotatable bonds is 6. The first-order valence-electron chi connectivity index (χ1n) is 6.27. The fraction of sp³-hybridized carbons (Fsp3) is 0.600. The SMILES string of the molecule is COC(OC)C(C)(O)Cc1ccc(C(C)C)cc1. The minimum Gasteiger partial charge on any atom is -0.385 e. The zero-order chi connectivity index (χ0) is 13.8. The molecule has 102 valence electrons. The molecule has 1 atom stereocenters. The van der Waals surface area contributed by atoms with Gasteiger partial charge in [0.1, 0.15) is 5.60 Å². The molecular formula is C15H24O3. The highest BCUT2D eigenvalue weighted by Gasteiger charge is 2.32. The highest BCUT2D eigenvalue weighted by Crippen LogP contribution is 2.21. The van der Waals surface area contributed by atoms with Crippen molar-refractivity contribution in [3.8, 4) is 0 Å². The number of ether oxygens (including phenoxy) is 2. The van der Waals surface area contributed by atoms with Crippen molar-refractivity contribution >= 4 is 0 Å². The Hall–Kier alpha value is -0.900. The predicted octanol–water partition coefficient (Wildman–Crippen LogP) is 2.72. The molecule has 1 rings (SSSR count). The normalized spacial score (nSPS) is 15.1. The number of aliphatic hydroxyl groups is 1. The number of methoxy groups -OCH3 is 2. The van der Waals surface area contributed by atoms with E-state index in [0.717, 1.165) is 5.56 Å². The molecule has 0 aromatic heterocycles. The van der Waals surface area contributed by atoms with Crippen LogP contribution < -0.4 is 0 Å². The van der Waals surface area contributed by atoms with Gasteiger partial charge in [0, 0.05) is 20.6 Å². The van der Waals surface area contributed by atoms with Crippen LogP contribution in [0.1, 0.15) is 37.8 Å². The Bertz CT molecular complexity index is 351. The zero-order valence-corrected chi connectivity index (χ0v) is 11.9. The standard InChI is InChI=1S/C15H24O3/c1-11(2)13-8-6-12(7-9-13)10-15(3,16)14(17-4)18-5/h6-9,11,14,16H,10H2,1-5H3. The molecule has 0 heterocycles. The van der Waals surface area contributed by atoms with Gasteiger partial charge in [-0.15, -0.1) is 0 Å². The molecule has 1 N–H and O–H groups in total. The quantitative estimate of drug-likeness (QED) is 0.791. The fourth-order valence-electron chi connectivity index (χ4n) is 2.12. The van der Waals surface area contributed by atoms with Crippen molar-refractivity contribution in [2.24, 2.45) is 0 Å². The van der Waals surface area contributed by atoms with E-state index < -0.39 is 11.9 Å². The second kappa shape index (κ2) is 6.32. The van der Waals surface area contributed by atoms with Crippen LogP contribution in [0.2, 0.25) is 0 Å². The Labute approximate surface area is 110 Å². The Morgan fingerprint density at radius 2 is 1.61 bits per heavy atom. The summed E-state index contributed by atoms with van der Waals surface area (Å²) < 4.78 is 10.3. The number of hydrogen-bond donors (Lipinski definition) is 1. The lowest BCUT2D eigenvalue weighted by molar-refractivity contribution is -0.207. The van der Waals surface area contributed by atoms with E-state index in [0.29, 0.717) is 12.3 Å². The van der Waals surface area contributed by atoms with Crippen molar-refractivity contribution in [2.45, 2.75) is 45.0 Å². The van der Waals surface area contributed by atoms with Crippen molar-refractivity contribution < 1.29 is 14.6 Å². The molecule has 0 fully saturated rings.